The summed E-state index contributed by atoms with van der Waals surface area (Å²) >= 11 is 1.19. The highest BCUT2D eigenvalue weighted by Crippen LogP contribution is 2.39. The quantitative estimate of drug-likeness (QED) is 0.348. The van der Waals surface area contributed by atoms with Gasteiger partial charge in [0.2, 0.25) is 5.91 Å². The topological polar surface area (TPSA) is 104 Å². The lowest BCUT2D eigenvalue weighted by Gasteiger charge is -2.39. The van der Waals surface area contributed by atoms with Gasteiger partial charge in [-0.1, -0.05) is 18.3 Å². The molecule has 2 saturated heterocycles. The normalized spacial score (nSPS) is 17.1. The van der Waals surface area contributed by atoms with Crippen LogP contribution in [0.15, 0.2) is 36.5 Å². The lowest BCUT2D eigenvalue weighted by Crippen LogP contribution is -2.57. The van der Waals surface area contributed by atoms with Crippen LogP contribution in [0.25, 0.3) is 16.8 Å². The molecule has 2 fully saturated rings. The molecular formula is C29H30F2N8O2S. The summed E-state index contributed by atoms with van der Waals surface area (Å²) in [6.45, 7) is 0.952. The van der Waals surface area contributed by atoms with Crippen LogP contribution in [0.2, 0.25) is 0 Å². The third-order valence-electron chi connectivity index (χ3n) is 7.56. The van der Waals surface area contributed by atoms with Crippen molar-refractivity contribution >= 4 is 39.3 Å². The fourth-order valence-corrected chi connectivity index (χ4v) is 6.11. The number of halogens is 2. The summed E-state index contributed by atoms with van der Waals surface area (Å²) in [5, 5.41) is 24.4. The number of hydrogen-bond acceptors (Lipinski definition) is 9. The van der Waals surface area contributed by atoms with E-state index in [0.717, 1.165) is 0 Å². The van der Waals surface area contributed by atoms with Gasteiger partial charge in [0, 0.05) is 51.9 Å². The number of aromatic nitrogens is 3. The number of anilines is 3. The number of aliphatic hydroxyl groups is 1. The highest BCUT2D eigenvalue weighted by Gasteiger charge is 2.31. The summed E-state index contributed by atoms with van der Waals surface area (Å²) in [7, 11) is 1.81. The van der Waals surface area contributed by atoms with Gasteiger partial charge in [0.05, 0.1) is 44.1 Å². The first-order chi connectivity index (χ1) is 21.0. The summed E-state index contributed by atoms with van der Waals surface area (Å²) in [6, 6.07) is 9.69. The van der Waals surface area contributed by atoms with Gasteiger partial charge in [-0.05, 0) is 36.8 Å². The van der Waals surface area contributed by atoms with Gasteiger partial charge in [0.1, 0.15) is 22.5 Å². The molecule has 42 heavy (non-hydrogen) atoms. The third-order valence-corrected chi connectivity index (χ3v) is 8.60. The van der Waals surface area contributed by atoms with Crippen LogP contribution >= 0.6 is 11.3 Å². The molecule has 6 rings (SSSR count). The second kappa shape index (κ2) is 11.3. The van der Waals surface area contributed by atoms with Gasteiger partial charge in [-0.2, -0.15) is 10.4 Å². The molecule has 0 spiro atoms. The number of hydrogen-bond donors (Lipinski definition) is 1. The number of thiazole rings is 1. The van der Waals surface area contributed by atoms with Crippen LogP contribution in [0.3, 0.4) is 0 Å². The number of nitrogens with zero attached hydrogens (tertiary/aromatic N) is 8. The van der Waals surface area contributed by atoms with Crippen molar-refractivity contribution in [3.63, 3.8) is 0 Å². The van der Waals surface area contributed by atoms with Gasteiger partial charge < -0.3 is 19.8 Å². The van der Waals surface area contributed by atoms with Gasteiger partial charge in [-0.3, -0.25) is 9.69 Å². The molecule has 0 radical (unpaired) electrons. The van der Waals surface area contributed by atoms with Crippen molar-refractivity contribution in [2.75, 3.05) is 62.6 Å². The molecule has 13 heteroatoms. The summed E-state index contributed by atoms with van der Waals surface area (Å²) in [6.07, 6.45) is 1.25. The van der Waals surface area contributed by atoms with E-state index in [0.29, 0.717) is 63.4 Å². The monoisotopic (exact) mass is 594 g/mol. The second-order valence-electron chi connectivity index (χ2n) is 10.3. The zero-order valence-corrected chi connectivity index (χ0v) is 23.9. The molecule has 2 aliphatic heterocycles. The fourth-order valence-electron chi connectivity index (χ4n) is 5.25. The number of amides is 1. The van der Waals surface area contributed by atoms with Crippen LogP contribution in [0.4, 0.5) is 25.3 Å². The van der Waals surface area contributed by atoms with Crippen molar-refractivity contribution in [1.29, 1.82) is 5.26 Å². The minimum atomic E-state index is -2.23. The van der Waals surface area contributed by atoms with E-state index in [1.807, 2.05) is 23.8 Å². The molecule has 4 aromatic rings. The summed E-state index contributed by atoms with van der Waals surface area (Å²) in [5.41, 5.74) is 3.43. The number of carbonyl (C=O) groups is 1. The number of fused-ring (bicyclic) bond motifs is 1. The maximum atomic E-state index is 15.5. The second-order valence-corrected chi connectivity index (χ2v) is 11.3. The number of nitriles is 1. The van der Waals surface area contributed by atoms with E-state index in [1.165, 1.54) is 44.0 Å². The van der Waals surface area contributed by atoms with Crippen LogP contribution in [-0.4, -0.2) is 94.3 Å². The average molecular weight is 595 g/mol. The van der Waals surface area contributed by atoms with E-state index in [9.17, 15) is 19.6 Å². The summed E-state index contributed by atoms with van der Waals surface area (Å²) in [4.78, 5) is 24.2. The molecule has 0 bridgehead atoms. The number of aryl methyl sites for hydroxylation is 1. The standard InChI is InChI=1S/C29H30F2N8O2S/c1-3-22-28(35(2)29-33-27(25(13-32)42-29)18-4-6-19(30)7-5-18)24-12-23(21(31)16-39(24)34-22)37-10-8-36(9-11-37)17-26(41)38-14-20(40)15-38/h4-7,12,16,20,40H,3,8-11,14-15,17H2,1-2H3/i17D2. The Morgan fingerprint density at radius 2 is 1.95 bits per heavy atom. The molecule has 0 aliphatic carbocycles. The largest absolute Gasteiger partial charge is 0.389 e. The van der Waals surface area contributed by atoms with Crippen LogP contribution in [0, 0.1) is 23.0 Å². The van der Waals surface area contributed by atoms with E-state index < -0.39 is 24.3 Å². The lowest BCUT2D eigenvalue weighted by atomic mass is 10.1. The van der Waals surface area contributed by atoms with Crippen molar-refractivity contribution in [3.05, 3.63) is 58.7 Å². The Morgan fingerprint density at radius 1 is 1.24 bits per heavy atom. The number of benzene rings is 1. The van der Waals surface area contributed by atoms with Crippen molar-refractivity contribution in [3.8, 4) is 17.3 Å². The average Bonchev–Trinajstić information content (AvgIpc) is 3.60. The first-order valence-corrected chi connectivity index (χ1v) is 14.4. The van der Waals surface area contributed by atoms with E-state index in [2.05, 4.69) is 11.2 Å². The first kappa shape index (κ1) is 25.6. The first-order valence-electron chi connectivity index (χ1n) is 14.6. The van der Waals surface area contributed by atoms with Gasteiger partial charge in [-0.25, -0.2) is 18.3 Å². The summed E-state index contributed by atoms with van der Waals surface area (Å²) < 4.78 is 47.3. The lowest BCUT2D eigenvalue weighted by molar-refractivity contribution is -0.142. The van der Waals surface area contributed by atoms with E-state index in [-0.39, 0.29) is 32.0 Å². The third kappa shape index (κ3) is 5.17. The molecular weight excluding hydrogens is 562 g/mol. The number of likely N-dealkylation sites (tertiary alicyclic amines) is 1. The number of β-amino-alcohol motifs (C(OH)–C–C–N with tert-alkyl or cyclic N) is 1. The van der Waals surface area contributed by atoms with Crippen LogP contribution in [0.1, 0.15) is 20.2 Å². The van der Waals surface area contributed by atoms with E-state index in [1.54, 1.807) is 18.2 Å². The predicted molar refractivity (Wildman–Crippen MR) is 156 cm³/mol. The van der Waals surface area contributed by atoms with Gasteiger partial charge >= 0.3 is 0 Å². The molecule has 0 saturated carbocycles. The molecule has 0 atom stereocenters. The Morgan fingerprint density at radius 3 is 2.60 bits per heavy atom. The molecule has 218 valence electrons. The molecule has 1 aromatic carbocycles. The Kier molecular flexibility index (Phi) is 6.87. The minimum Gasteiger partial charge on any atom is -0.389 e. The molecule has 2 aliphatic rings. The van der Waals surface area contributed by atoms with Gasteiger partial charge in [0.15, 0.2) is 10.9 Å². The minimum absolute atomic E-state index is 0.123. The van der Waals surface area contributed by atoms with Crippen molar-refractivity contribution in [2.45, 2.75) is 19.4 Å². The number of pyridine rings is 1. The molecule has 1 N–H and O–H groups in total. The molecule has 5 heterocycles. The number of carbonyl (C=O) groups excluding carboxylic acids is 1. The Labute approximate surface area is 248 Å². The van der Waals surface area contributed by atoms with Crippen LogP contribution < -0.4 is 9.80 Å². The molecule has 1 amide bonds. The number of rotatable bonds is 7. The maximum absolute atomic E-state index is 15.5. The number of aliphatic hydroxyl groups excluding tert-OH is 1. The summed E-state index contributed by atoms with van der Waals surface area (Å²) in [5.74, 6) is -1.55. The van der Waals surface area contributed by atoms with E-state index >= 15 is 4.39 Å². The Bertz CT molecular complexity index is 1760. The van der Waals surface area contributed by atoms with E-state index in [4.69, 9.17) is 7.73 Å². The number of piperazine rings is 1. The molecule has 0 unspecified atom stereocenters. The smallest absolute Gasteiger partial charge is 0.236 e. The Hall–Kier alpha value is -4.12. The van der Waals surface area contributed by atoms with Crippen molar-refractivity contribution in [2.24, 2.45) is 0 Å². The molecule has 3 aromatic heterocycles. The molecule has 10 nitrogen and oxygen atoms in total. The Balaban J connectivity index is 1.28. The highest BCUT2D eigenvalue weighted by molar-refractivity contribution is 7.16. The SMILES string of the molecule is [2H]C([2H])(C(=O)N1CC(O)C1)N1CCN(c2cc3c(N(C)c4nc(-c5ccc(F)cc5)c(C#N)s4)c(CC)nn3cc2F)CC1. The zero-order chi connectivity index (χ0) is 31.3. The van der Waals surface area contributed by atoms with Crippen molar-refractivity contribution in [1.82, 2.24) is 24.4 Å². The predicted octanol–water partition coefficient (Wildman–Crippen LogP) is 3.26. The van der Waals surface area contributed by atoms with Crippen LogP contribution in [-0.2, 0) is 11.2 Å². The highest BCUT2D eigenvalue weighted by atomic mass is 32.1. The zero-order valence-electron chi connectivity index (χ0n) is 25.1. The van der Waals surface area contributed by atoms with Crippen molar-refractivity contribution < 1.29 is 21.4 Å². The van der Waals surface area contributed by atoms with Gasteiger partial charge in [-0.15, -0.1) is 0 Å². The van der Waals surface area contributed by atoms with Crippen LogP contribution in [0.5, 0.6) is 0 Å². The fraction of sp³-hybridized carbons (Fsp3) is 0.379. The van der Waals surface area contributed by atoms with Gasteiger partial charge in [0.25, 0.3) is 0 Å². The maximum Gasteiger partial charge on any atom is 0.236 e.